The van der Waals surface area contributed by atoms with Crippen LogP contribution < -0.4 is 4.74 Å². The van der Waals surface area contributed by atoms with Crippen molar-refractivity contribution in [2.24, 2.45) is 0 Å². The van der Waals surface area contributed by atoms with Crippen LogP contribution >= 0.6 is 23.2 Å². The van der Waals surface area contributed by atoms with E-state index in [1.165, 1.54) is 19.2 Å². The summed E-state index contributed by atoms with van der Waals surface area (Å²) in [5.74, 6) is -0.726. The number of allylic oxidation sites excluding steroid dienone is 1. The zero-order chi connectivity index (χ0) is 13.2. The molecule has 0 amide bonds. The Hall–Kier alpha value is -1.19. The quantitative estimate of drug-likeness (QED) is 0.851. The SMILES string of the molecule is COc1c(Cl)cc(Cl)cc1C(C(=O)O)=C(C)C. The summed E-state index contributed by atoms with van der Waals surface area (Å²) in [5, 5.41) is 9.85. The van der Waals surface area contributed by atoms with Gasteiger partial charge in [-0.2, -0.15) is 0 Å². The van der Waals surface area contributed by atoms with Crippen molar-refractivity contribution in [1.82, 2.24) is 0 Å². The molecule has 0 saturated carbocycles. The van der Waals surface area contributed by atoms with Gasteiger partial charge in [0.25, 0.3) is 0 Å². The molecular weight excluding hydrogens is 263 g/mol. The Morgan fingerprint density at radius 3 is 2.29 bits per heavy atom. The number of benzene rings is 1. The average molecular weight is 275 g/mol. The number of rotatable bonds is 3. The van der Waals surface area contributed by atoms with Crippen LogP contribution in [0.1, 0.15) is 19.4 Å². The van der Waals surface area contributed by atoms with Crippen LogP contribution in [0, 0.1) is 0 Å². The summed E-state index contributed by atoms with van der Waals surface area (Å²) < 4.78 is 5.12. The summed E-state index contributed by atoms with van der Waals surface area (Å²) in [5.41, 5.74) is 1.18. The second-order valence-electron chi connectivity index (χ2n) is 3.65. The highest BCUT2D eigenvalue weighted by Gasteiger charge is 2.19. The molecule has 0 spiro atoms. The van der Waals surface area contributed by atoms with E-state index in [0.29, 0.717) is 21.9 Å². The lowest BCUT2D eigenvalue weighted by Gasteiger charge is -2.12. The topological polar surface area (TPSA) is 46.5 Å². The van der Waals surface area contributed by atoms with Crippen LogP contribution in [-0.2, 0) is 4.79 Å². The molecule has 92 valence electrons. The Bertz CT molecular complexity index is 489. The maximum Gasteiger partial charge on any atom is 0.336 e. The minimum atomic E-state index is -1.04. The third-order valence-electron chi connectivity index (χ3n) is 2.20. The molecule has 1 N–H and O–H groups in total. The molecule has 17 heavy (non-hydrogen) atoms. The lowest BCUT2D eigenvalue weighted by atomic mass is 10.0. The summed E-state index contributed by atoms with van der Waals surface area (Å²) in [4.78, 5) is 11.2. The molecule has 0 unspecified atom stereocenters. The van der Waals surface area contributed by atoms with Gasteiger partial charge >= 0.3 is 5.97 Å². The Morgan fingerprint density at radius 1 is 1.29 bits per heavy atom. The highest BCUT2D eigenvalue weighted by Crippen LogP contribution is 2.37. The van der Waals surface area contributed by atoms with Crippen molar-refractivity contribution in [1.29, 1.82) is 0 Å². The molecular formula is C12H12Cl2O3. The van der Waals surface area contributed by atoms with Gasteiger partial charge in [0.2, 0.25) is 0 Å². The number of ether oxygens (including phenoxy) is 1. The Labute approximate surface area is 110 Å². The highest BCUT2D eigenvalue weighted by atomic mass is 35.5. The fourth-order valence-corrected chi connectivity index (χ4v) is 2.12. The van der Waals surface area contributed by atoms with Gasteiger partial charge in [0.1, 0.15) is 5.75 Å². The molecule has 0 aromatic heterocycles. The predicted molar refractivity (Wildman–Crippen MR) is 68.9 cm³/mol. The van der Waals surface area contributed by atoms with E-state index in [-0.39, 0.29) is 10.6 Å². The van der Waals surface area contributed by atoms with Gasteiger partial charge in [0.05, 0.1) is 17.7 Å². The average Bonchev–Trinajstić information content (AvgIpc) is 2.15. The monoisotopic (exact) mass is 274 g/mol. The van der Waals surface area contributed by atoms with E-state index >= 15 is 0 Å². The number of aliphatic carboxylic acids is 1. The van der Waals surface area contributed by atoms with Crippen LogP contribution in [0.2, 0.25) is 10.0 Å². The molecule has 1 aromatic carbocycles. The number of hydrogen-bond acceptors (Lipinski definition) is 2. The second-order valence-corrected chi connectivity index (χ2v) is 4.49. The fraction of sp³-hybridized carbons (Fsp3) is 0.250. The lowest BCUT2D eigenvalue weighted by molar-refractivity contribution is -0.130. The van der Waals surface area contributed by atoms with E-state index in [1.807, 2.05) is 0 Å². The minimum absolute atomic E-state index is 0.145. The highest BCUT2D eigenvalue weighted by molar-refractivity contribution is 6.36. The predicted octanol–water partition coefficient (Wildman–Crippen LogP) is 3.88. The van der Waals surface area contributed by atoms with Gasteiger partial charge in [-0.05, 0) is 26.0 Å². The third kappa shape index (κ3) is 2.93. The van der Waals surface area contributed by atoms with E-state index < -0.39 is 5.97 Å². The molecule has 1 rings (SSSR count). The van der Waals surface area contributed by atoms with E-state index in [1.54, 1.807) is 13.8 Å². The summed E-state index contributed by atoms with van der Waals surface area (Å²) >= 11 is 11.8. The summed E-state index contributed by atoms with van der Waals surface area (Å²) in [6, 6.07) is 3.04. The van der Waals surface area contributed by atoms with Gasteiger partial charge in [-0.1, -0.05) is 28.8 Å². The molecule has 0 radical (unpaired) electrons. The van der Waals surface area contributed by atoms with Crippen LogP contribution in [0.25, 0.3) is 5.57 Å². The molecule has 0 atom stereocenters. The van der Waals surface area contributed by atoms with Crippen molar-refractivity contribution >= 4 is 34.7 Å². The normalized spacial score (nSPS) is 9.94. The van der Waals surface area contributed by atoms with Crippen LogP contribution in [-0.4, -0.2) is 18.2 Å². The third-order valence-corrected chi connectivity index (χ3v) is 2.69. The van der Waals surface area contributed by atoms with Crippen molar-refractivity contribution in [2.75, 3.05) is 7.11 Å². The molecule has 0 fully saturated rings. The van der Waals surface area contributed by atoms with Gasteiger partial charge < -0.3 is 9.84 Å². The van der Waals surface area contributed by atoms with Crippen molar-refractivity contribution in [3.63, 3.8) is 0 Å². The number of methoxy groups -OCH3 is 1. The zero-order valence-corrected chi connectivity index (χ0v) is 11.2. The smallest absolute Gasteiger partial charge is 0.336 e. The molecule has 5 heteroatoms. The van der Waals surface area contributed by atoms with Crippen LogP contribution in [0.3, 0.4) is 0 Å². The Balaban J connectivity index is 3.59. The molecule has 0 aliphatic rings. The minimum Gasteiger partial charge on any atom is -0.495 e. The maximum atomic E-state index is 11.2. The van der Waals surface area contributed by atoms with Gasteiger partial charge in [-0.15, -0.1) is 0 Å². The molecule has 0 heterocycles. The molecule has 0 aliphatic carbocycles. The number of carboxylic acid groups (broad SMARTS) is 1. The van der Waals surface area contributed by atoms with Gasteiger partial charge in [-0.3, -0.25) is 0 Å². The van der Waals surface area contributed by atoms with Crippen molar-refractivity contribution < 1.29 is 14.6 Å². The molecule has 0 aliphatic heterocycles. The zero-order valence-electron chi connectivity index (χ0n) is 9.67. The van der Waals surface area contributed by atoms with Crippen LogP contribution in [0.15, 0.2) is 17.7 Å². The number of carboxylic acids is 1. The van der Waals surface area contributed by atoms with E-state index in [9.17, 15) is 9.90 Å². The van der Waals surface area contributed by atoms with Gasteiger partial charge in [0.15, 0.2) is 0 Å². The molecule has 0 bridgehead atoms. The van der Waals surface area contributed by atoms with Crippen LogP contribution in [0.5, 0.6) is 5.75 Å². The molecule has 1 aromatic rings. The number of hydrogen-bond donors (Lipinski definition) is 1. The second kappa shape index (κ2) is 5.43. The summed E-state index contributed by atoms with van der Waals surface area (Å²) in [7, 11) is 1.43. The first-order valence-corrected chi connectivity index (χ1v) is 5.58. The summed E-state index contributed by atoms with van der Waals surface area (Å²) in [6.45, 7) is 3.41. The Morgan fingerprint density at radius 2 is 1.88 bits per heavy atom. The first-order chi connectivity index (χ1) is 7.88. The van der Waals surface area contributed by atoms with E-state index in [4.69, 9.17) is 27.9 Å². The van der Waals surface area contributed by atoms with Gasteiger partial charge in [0, 0.05) is 10.6 Å². The maximum absolute atomic E-state index is 11.2. The molecule has 0 saturated heterocycles. The number of halogens is 2. The first-order valence-electron chi connectivity index (χ1n) is 4.82. The fourth-order valence-electron chi connectivity index (χ4n) is 1.55. The van der Waals surface area contributed by atoms with Crippen molar-refractivity contribution in [3.8, 4) is 5.75 Å². The summed E-state index contributed by atoms with van der Waals surface area (Å²) in [6.07, 6.45) is 0. The lowest BCUT2D eigenvalue weighted by Crippen LogP contribution is -2.04. The van der Waals surface area contributed by atoms with Crippen molar-refractivity contribution in [2.45, 2.75) is 13.8 Å². The Kier molecular flexibility index (Phi) is 4.43. The largest absolute Gasteiger partial charge is 0.495 e. The molecule has 3 nitrogen and oxygen atoms in total. The first kappa shape index (κ1) is 13.9. The van der Waals surface area contributed by atoms with Crippen molar-refractivity contribution in [3.05, 3.63) is 33.3 Å². The van der Waals surface area contributed by atoms with Crippen LogP contribution in [0.4, 0.5) is 0 Å². The van der Waals surface area contributed by atoms with E-state index in [0.717, 1.165) is 0 Å². The van der Waals surface area contributed by atoms with Gasteiger partial charge in [-0.25, -0.2) is 4.79 Å². The number of carbonyl (C=O) groups is 1. The standard InChI is InChI=1S/C12H12Cl2O3/c1-6(2)10(12(15)16)8-4-7(13)5-9(14)11(8)17-3/h4-5H,1-3H3,(H,15,16). The van der Waals surface area contributed by atoms with E-state index in [2.05, 4.69) is 0 Å².